The first-order valence-corrected chi connectivity index (χ1v) is 9.10. The minimum absolute atomic E-state index is 0. The highest BCUT2D eigenvalue weighted by atomic mass is 127. The Hall–Kier alpha value is -0.870. The van der Waals surface area contributed by atoms with Gasteiger partial charge >= 0.3 is 6.61 Å². The van der Waals surface area contributed by atoms with Crippen molar-refractivity contribution in [3.63, 3.8) is 0 Å². The van der Waals surface area contributed by atoms with Gasteiger partial charge in [0.1, 0.15) is 5.75 Å². The van der Waals surface area contributed by atoms with Gasteiger partial charge in [0.2, 0.25) is 0 Å². The number of hydrogen-bond acceptors (Lipinski definition) is 3. The van der Waals surface area contributed by atoms with Crippen LogP contribution in [-0.2, 0) is 11.3 Å². The molecule has 0 spiro atoms. The SMILES string of the molecule is CN=C(NCc1cc(Cl)ccc1OC(F)F)N(C)CCC1CCOCC1.I. The summed E-state index contributed by atoms with van der Waals surface area (Å²) in [6, 6.07) is 4.59. The van der Waals surface area contributed by atoms with Gasteiger partial charge < -0.3 is 19.7 Å². The van der Waals surface area contributed by atoms with E-state index >= 15 is 0 Å². The average molecular weight is 518 g/mol. The smallest absolute Gasteiger partial charge is 0.387 e. The fraction of sp³-hybridized carbons (Fsp3) is 0.611. The molecule has 0 aromatic heterocycles. The van der Waals surface area contributed by atoms with Crippen LogP contribution >= 0.6 is 35.6 Å². The summed E-state index contributed by atoms with van der Waals surface area (Å²) >= 11 is 5.98. The van der Waals surface area contributed by atoms with E-state index in [0.717, 1.165) is 39.0 Å². The van der Waals surface area contributed by atoms with Gasteiger partial charge in [-0.1, -0.05) is 11.6 Å². The lowest BCUT2D eigenvalue weighted by atomic mass is 9.96. The first-order valence-electron chi connectivity index (χ1n) is 8.72. The highest BCUT2D eigenvalue weighted by Gasteiger charge is 2.16. The van der Waals surface area contributed by atoms with Crippen molar-refractivity contribution in [2.24, 2.45) is 10.9 Å². The van der Waals surface area contributed by atoms with E-state index in [1.165, 1.54) is 12.1 Å². The Bertz CT molecular complexity index is 602. The maximum atomic E-state index is 12.6. The van der Waals surface area contributed by atoms with Crippen LogP contribution in [0.15, 0.2) is 23.2 Å². The molecular formula is C18H27ClF2IN3O2. The molecule has 1 aliphatic rings. The maximum Gasteiger partial charge on any atom is 0.387 e. The third-order valence-electron chi connectivity index (χ3n) is 4.46. The summed E-state index contributed by atoms with van der Waals surface area (Å²) in [6.45, 7) is -0.0557. The number of ether oxygens (including phenoxy) is 2. The molecule has 27 heavy (non-hydrogen) atoms. The minimum atomic E-state index is -2.88. The van der Waals surface area contributed by atoms with Crippen molar-refractivity contribution in [2.75, 3.05) is 33.9 Å². The summed E-state index contributed by atoms with van der Waals surface area (Å²) in [5.41, 5.74) is 0.553. The van der Waals surface area contributed by atoms with Crippen molar-refractivity contribution in [1.29, 1.82) is 0 Å². The minimum Gasteiger partial charge on any atom is -0.434 e. The molecule has 1 N–H and O–H groups in total. The van der Waals surface area contributed by atoms with Gasteiger partial charge in [0, 0.05) is 51.0 Å². The molecule has 0 saturated carbocycles. The second-order valence-corrected chi connectivity index (χ2v) is 6.73. The van der Waals surface area contributed by atoms with E-state index in [9.17, 15) is 8.78 Å². The van der Waals surface area contributed by atoms with E-state index in [1.807, 2.05) is 11.9 Å². The predicted octanol–water partition coefficient (Wildman–Crippen LogP) is 4.38. The summed E-state index contributed by atoms with van der Waals surface area (Å²) in [6.07, 6.45) is 3.25. The molecule has 1 aromatic carbocycles. The molecule has 154 valence electrons. The standard InChI is InChI=1S/C18H26ClF2N3O2.HI/c1-22-18(24(2)8-5-13-6-9-25-10-7-13)23-12-14-11-15(19)3-4-16(14)26-17(20)21;/h3-4,11,13,17H,5-10,12H2,1-2H3,(H,22,23);1H. The zero-order chi connectivity index (χ0) is 18.9. The molecule has 1 aliphatic heterocycles. The number of nitrogens with zero attached hydrogens (tertiary/aromatic N) is 2. The highest BCUT2D eigenvalue weighted by Crippen LogP contribution is 2.24. The third kappa shape index (κ3) is 8.35. The van der Waals surface area contributed by atoms with Gasteiger partial charge in [-0.15, -0.1) is 24.0 Å². The number of aliphatic imine (C=N–C) groups is 1. The Kier molecular flexibility index (Phi) is 11.2. The number of alkyl halides is 2. The zero-order valence-electron chi connectivity index (χ0n) is 15.6. The van der Waals surface area contributed by atoms with Crippen LogP contribution in [0.1, 0.15) is 24.8 Å². The monoisotopic (exact) mass is 517 g/mol. The Balaban J connectivity index is 0.00000364. The van der Waals surface area contributed by atoms with E-state index in [2.05, 4.69) is 15.0 Å². The van der Waals surface area contributed by atoms with Crippen LogP contribution in [0.2, 0.25) is 5.02 Å². The molecule has 0 aliphatic carbocycles. The molecule has 0 amide bonds. The van der Waals surface area contributed by atoms with Gasteiger partial charge in [-0.2, -0.15) is 8.78 Å². The summed E-state index contributed by atoms with van der Waals surface area (Å²) < 4.78 is 35.1. The van der Waals surface area contributed by atoms with Crippen LogP contribution in [0, 0.1) is 5.92 Å². The molecule has 2 rings (SSSR count). The molecule has 0 bridgehead atoms. The maximum absolute atomic E-state index is 12.6. The van der Waals surface area contributed by atoms with Crippen LogP contribution < -0.4 is 10.1 Å². The Morgan fingerprint density at radius 3 is 2.74 bits per heavy atom. The molecule has 9 heteroatoms. The number of benzene rings is 1. The van der Waals surface area contributed by atoms with E-state index in [0.29, 0.717) is 22.5 Å². The fourth-order valence-electron chi connectivity index (χ4n) is 2.97. The molecule has 1 fully saturated rings. The second-order valence-electron chi connectivity index (χ2n) is 6.30. The Labute approximate surface area is 181 Å². The summed E-state index contributed by atoms with van der Waals surface area (Å²) in [5, 5.41) is 3.65. The van der Waals surface area contributed by atoms with Gasteiger partial charge in [-0.3, -0.25) is 4.99 Å². The van der Waals surface area contributed by atoms with E-state index in [1.54, 1.807) is 13.1 Å². The first-order chi connectivity index (χ1) is 12.5. The predicted molar refractivity (Wildman–Crippen MR) is 114 cm³/mol. The first kappa shape index (κ1) is 24.2. The highest BCUT2D eigenvalue weighted by molar-refractivity contribution is 14.0. The van der Waals surface area contributed by atoms with Crippen LogP contribution in [0.5, 0.6) is 5.75 Å². The van der Waals surface area contributed by atoms with Crippen molar-refractivity contribution in [3.05, 3.63) is 28.8 Å². The molecule has 1 heterocycles. The molecule has 1 aromatic rings. The molecule has 5 nitrogen and oxygen atoms in total. The number of hydrogen-bond donors (Lipinski definition) is 1. The molecule has 1 saturated heterocycles. The fourth-order valence-corrected chi connectivity index (χ4v) is 3.17. The normalized spacial score (nSPS) is 15.4. The number of rotatable bonds is 7. The summed E-state index contributed by atoms with van der Waals surface area (Å²) in [7, 11) is 3.66. The van der Waals surface area contributed by atoms with Gasteiger partial charge in [-0.05, 0) is 43.4 Å². The zero-order valence-corrected chi connectivity index (χ0v) is 18.7. The summed E-state index contributed by atoms with van der Waals surface area (Å²) in [4.78, 5) is 6.30. The quantitative estimate of drug-likeness (QED) is 0.331. The number of nitrogens with one attached hydrogen (secondary N) is 1. The lowest BCUT2D eigenvalue weighted by molar-refractivity contribution is -0.0504. The topological polar surface area (TPSA) is 46.1 Å². The van der Waals surface area contributed by atoms with E-state index < -0.39 is 6.61 Å². The van der Waals surface area contributed by atoms with Gasteiger partial charge in [0.15, 0.2) is 5.96 Å². The lowest BCUT2D eigenvalue weighted by Gasteiger charge is -2.27. The summed E-state index contributed by atoms with van der Waals surface area (Å²) in [5.74, 6) is 1.47. The van der Waals surface area contributed by atoms with Crippen molar-refractivity contribution in [1.82, 2.24) is 10.2 Å². The van der Waals surface area contributed by atoms with E-state index in [4.69, 9.17) is 16.3 Å². The lowest BCUT2D eigenvalue weighted by Crippen LogP contribution is -2.39. The Morgan fingerprint density at radius 1 is 1.41 bits per heavy atom. The van der Waals surface area contributed by atoms with Gasteiger partial charge in [0.25, 0.3) is 0 Å². The van der Waals surface area contributed by atoms with Crippen molar-refractivity contribution >= 4 is 41.5 Å². The number of guanidine groups is 1. The largest absolute Gasteiger partial charge is 0.434 e. The third-order valence-corrected chi connectivity index (χ3v) is 4.70. The molecular weight excluding hydrogens is 491 g/mol. The Morgan fingerprint density at radius 2 is 2.11 bits per heavy atom. The van der Waals surface area contributed by atoms with Crippen molar-refractivity contribution in [2.45, 2.75) is 32.4 Å². The van der Waals surface area contributed by atoms with Crippen molar-refractivity contribution in [3.8, 4) is 5.75 Å². The van der Waals surface area contributed by atoms with Crippen LogP contribution in [0.4, 0.5) is 8.78 Å². The molecule has 0 radical (unpaired) electrons. The number of halogens is 4. The van der Waals surface area contributed by atoms with Crippen LogP contribution in [-0.4, -0.2) is 51.3 Å². The molecule has 0 unspecified atom stereocenters. The van der Waals surface area contributed by atoms with Crippen LogP contribution in [0.25, 0.3) is 0 Å². The van der Waals surface area contributed by atoms with Gasteiger partial charge in [-0.25, -0.2) is 0 Å². The second kappa shape index (κ2) is 12.6. The van der Waals surface area contributed by atoms with E-state index in [-0.39, 0.29) is 36.3 Å². The molecule has 0 atom stereocenters. The van der Waals surface area contributed by atoms with Crippen molar-refractivity contribution < 1.29 is 18.3 Å². The van der Waals surface area contributed by atoms with Crippen LogP contribution in [0.3, 0.4) is 0 Å². The van der Waals surface area contributed by atoms with Gasteiger partial charge in [0.05, 0.1) is 0 Å². The average Bonchev–Trinajstić information content (AvgIpc) is 2.63.